The molecule has 0 spiro atoms. The normalized spacial score (nSPS) is 16.6. The average Bonchev–Trinajstić information content (AvgIpc) is 2.53. The lowest BCUT2D eigenvalue weighted by atomic mass is 9.90. The van der Waals surface area contributed by atoms with Crippen molar-refractivity contribution in [3.8, 4) is 16.9 Å². The predicted molar refractivity (Wildman–Crippen MR) is 81.4 cm³/mol. The molecule has 0 saturated carbocycles. The molecule has 22 heavy (non-hydrogen) atoms. The molecule has 0 fully saturated rings. The average molecular weight is 292 g/mol. The molecule has 4 heteroatoms. The summed E-state index contributed by atoms with van der Waals surface area (Å²) in [6.45, 7) is 0. The number of carbonyl (C=O) groups excluding carboxylic acids is 1. The van der Waals surface area contributed by atoms with Gasteiger partial charge in [0.2, 0.25) is 6.29 Å². The number of aromatic hydroxyl groups is 1. The van der Waals surface area contributed by atoms with Crippen LogP contribution in [0, 0.1) is 0 Å². The van der Waals surface area contributed by atoms with Gasteiger partial charge in [-0.3, -0.25) is 0 Å². The van der Waals surface area contributed by atoms with Gasteiger partial charge >= 0.3 is 5.97 Å². The Kier molecular flexibility index (Phi) is 2.68. The minimum atomic E-state index is -1.30. The van der Waals surface area contributed by atoms with E-state index in [-0.39, 0.29) is 5.75 Å². The summed E-state index contributed by atoms with van der Waals surface area (Å²) < 4.78 is 5.06. The zero-order valence-corrected chi connectivity index (χ0v) is 11.5. The van der Waals surface area contributed by atoms with Crippen molar-refractivity contribution in [1.29, 1.82) is 0 Å². The summed E-state index contributed by atoms with van der Waals surface area (Å²) in [4.78, 5) is 12.0. The van der Waals surface area contributed by atoms with Crippen LogP contribution in [0.3, 0.4) is 0 Å². The number of benzene rings is 3. The Bertz CT molecular complexity index is 897. The van der Waals surface area contributed by atoms with Crippen molar-refractivity contribution in [3.63, 3.8) is 0 Å². The smallest absolute Gasteiger partial charge is 0.341 e. The topological polar surface area (TPSA) is 66.8 Å². The molecule has 3 aromatic rings. The maximum absolute atomic E-state index is 12.0. The van der Waals surface area contributed by atoms with Gasteiger partial charge in [0, 0.05) is 10.9 Å². The van der Waals surface area contributed by atoms with Crippen molar-refractivity contribution in [3.05, 3.63) is 65.7 Å². The molecular weight excluding hydrogens is 280 g/mol. The van der Waals surface area contributed by atoms with Gasteiger partial charge in [0.05, 0.1) is 5.56 Å². The van der Waals surface area contributed by atoms with Crippen LogP contribution >= 0.6 is 0 Å². The van der Waals surface area contributed by atoms with E-state index in [9.17, 15) is 15.0 Å². The zero-order valence-electron chi connectivity index (χ0n) is 11.5. The maximum Gasteiger partial charge on any atom is 0.341 e. The molecule has 0 aromatic heterocycles. The Morgan fingerprint density at radius 2 is 1.68 bits per heavy atom. The SMILES string of the molecule is O=C1O[C@H](O)c2c(-c3ccc(O)cc3)ccc3cccc1c23. The van der Waals surface area contributed by atoms with Gasteiger partial charge in [-0.05, 0) is 34.7 Å². The molecule has 1 aliphatic heterocycles. The number of phenolic OH excluding ortho intramolecular Hbond substituents is 1. The van der Waals surface area contributed by atoms with Gasteiger partial charge in [0.25, 0.3) is 0 Å². The van der Waals surface area contributed by atoms with Crippen LogP contribution < -0.4 is 0 Å². The summed E-state index contributed by atoms with van der Waals surface area (Å²) in [6, 6.07) is 15.9. The fourth-order valence-electron chi connectivity index (χ4n) is 2.95. The second-order valence-corrected chi connectivity index (χ2v) is 5.24. The number of hydrogen-bond donors (Lipinski definition) is 2. The van der Waals surface area contributed by atoms with Gasteiger partial charge < -0.3 is 14.9 Å². The van der Waals surface area contributed by atoms with Gasteiger partial charge in [-0.1, -0.05) is 36.4 Å². The van der Waals surface area contributed by atoms with Gasteiger partial charge in [-0.25, -0.2) is 4.79 Å². The van der Waals surface area contributed by atoms with Gasteiger partial charge in [0.15, 0.2) is 0 Å². The number of hydrogen-bond acceptors (Lipinski definition) is 4. The van der Waals surface area contributed by atoms with Crippen molar-refractivity contribution in [2.45, 2.75) is 6.29 Å². The van der Waals surface area contributed by atoms with Gasteiger partial charge in [0.1, 0.15) is 5.75 Å². The van der Waals surface area contributed by atoms with Crippen LogP contribution in [0.5, 0.6) is 5.75 Å². The zero-order chi connectivity index (χ0) is 15.3. The Balaban J connectivity index is 2.08. The number of cyclic esters (lactones) is 1. The Morgan fingerprint density at radius 1 is 0.909 bits per heavy atom. The number of aliphatic hydroxyl groups is 1. The van der Waals surface area contributed by atoms with E-state index in [2.05, 4.69) is 0 Å². The van der Waals surface area contributed by atoms with Crippen LogP contribution in [0.15, 0.2) is 54.6 Å². The molecule has 1 aliphatic rings. The Labute approximate surface area is 126 Å². The van der Waals surface area contributed by atoms with E-state index in [0.29, 0.717) is 11.1 Å². The molecule has 0 unspecified atom stereocenters. The quantitative estimate of drug-likeness (QED) is 0.675. The molecule has 3 aromatic carbocycles. The predicted octanol–water partition coefficient (Wildman–Crippen LogP) is 3.37. The van der Waals surface area contributed by atoms with E-state index in [0.717, 1.165) is 21.9 Å². The van der Waals surface area contributed by atoms with Crippen LogP contribution in [0.1, 0.15) is 22.2 Å². The second kappa shape index (κ2) is 4.58. The van der Waals surface area contributed by atoms with Gasteiger partial charge in [-0.15, -0.1) is 0 Å². The minimum Gasteiger partial charge on any atom is -0.508 e. The third kappa shape index (κ3) is 1.78. The van der Waals surface area contributed by atoms with Crippen LogP contribution in [-0.4, -0.2) is 16.2 Å². The molecule has 4 rings (SSSR count). The van der Waals surface area contributed by atoms with Crippen LogP contribution in [0.4, 0.5) is 0 Å². The number of esters is 1. The first-order valence-corrected chi connectivity index (χ1v) is 6.89. The lowest BCUT2D eigenvalue weighted by Crippen LogP contribution is -2.18. The standard InChI is InChI=1S/C18H12O4/c19-12-7-4-10(5-8-12)13-9-6-11-2-1-3-14-15(11)16(13)18(21)22-17(14)20/h1-9,18-19,21H/t18-/m0/s1. The first kappa shape index (κ1) is 12.9. The third-order valence-corrected chi connectivity index (χ3v) is 3.95. The largest absolute Gasteiger partial charge is 0.508 e. The summed E-state index contributed by atoms with van der Waals surface area (Å²) >= 11 is 0. The molecule has 0 amide bonds. The van der Waals surface area contributed by atoms with E-state index < -0.39 is 12.3 Å². The Hall–Kier alpha value is -2.85. The van der Waals surface area contributed by atoms with Crippen LogP contribution in [0.25, 0.3) is 21.9 Å². The van der Waals surface area contributed by atoms with Crippen molar-refractivity contribution in [1.82, 2.24) is 0 Å². The summed E-state index contributed by atoms with van der Waals surface area (Å²) in [6.07, 6.45) is -1.30. The highest BCUT2D eigenvalue weighted by Crippen LogP contribution is 2.40. The first-order valence-electron chi connectivity index (χ1n) is 6.89. The fraction of sp³-hybridized carbons (Fsp3) is 0.0556. The molecule has 1 atom stereocenters. The van der Waals surface area contributed by atoms with E-state index in [1.807, 2.05) is 18.2 Å². The molecule has 0 aliphatic carbocycles. The number of phenols is 1. The summed E-state index contributed by atoms with van der Waals surface area (Å²) in [5.74, 6) is -0.348. The Morgan fingerprint density at radius 3 is 2.45 bits per heavy atom. The van der Waals surface area contributed by atoms with Crippen molar-refractivity contribution in [2.75, 3.05) is 0 Å². The van der Waals surface area contributed by atoms with E-state index in [4.69, 9.17) is 4.74 Å². The van der Waals surface area contributed by atoms with Crippen LogP contribution in [0.2, 0.25) is 0 Å². The summed E-state index contributed by atoms with van der Waals surface area (Å²) in [5, 5.41) is 21.3. The number of carbonyl (C=O) groups is 1. The number of rotatable bonds is 1. The number of ether oxygens (including phenoxy) is 1. The first-order chi connectivity index (χ1) is 10.6. The second-order valence-electron chi connectivity index (χ2n) is 5.24. The van der Waals surface area contributed by atoms with E-state index in [1.165, 1.54) is 0 Å². The fourth-order valence-corrected chi connectivity index (χ4v) is 2.95. The van der Waals surface area contributed by atoms with Crippen molar-refractivity contribution in [2.24, 2.45) is 0 Å². The third-order valence-electron chi connectivity index (χ3n) is 3.95. The maximum atomic E-state index is 12.0. The summed E-state index contributed by atoms with van der Waals surface area (Å²) in [7, 11) is 0. The van der Waals surface area contributed by atoms with Crippen LogP contribution in [-0.2, 0) is 4.74 Å². The summed E-state index contributed by atoms with van der Waals surface area (Å²) in [5.41, 5.74) is 2.65. The molecule has 4 nitrogen and oxygen atoms in total. The molecule has 2 N–H and O–H groups in total. The number of aliphatic hydroxyl groups excluding tert-OH is 1. The molecule has 0 bridgehead atoms. The monoisotopic (exact) mass is 292 g/mol. The van der Waals surface area contributed by atoms with E-state index in [1.54, 1.807) is 36.4 Å². The highest BCUT2D eigenvalue weighted by Gasteiger charge is 2.29. The molecule has 0 saturated heterocycles. The molecule has 1 heterocycles. The highest BCUT2D eigenvalue weighted by atomic mass is 16.6. The van der Waals surface area contributed by atoms with Crippen molar-refractivity contribution < 1.29 is 19.7 Å². The van der Waals surface area contributed by atoms with E-state index >= 15 is 0 Å². The highest BCUT2D eigenvalue weighted by molar-refractivity contribution is 6.09. The lowest BCUT2D eigenvalue weighted by molar-refractivity contribution is -0.0682. The van der Waals surface area contributed by atoms with Crippen molar-refractivity contribution >= 4 is 16.7 Å². The molecule has 108 valence electrons. The van der Waals surface area contributed by atoms with Gasteiger partial charge in [-0.2, -0.15) is 0 Å². The molecular formula is C18H12O4. The lowest BCUT2D eigenvalue weighted by Gasteiger charge is -2.24. The molecule has 0 radical (unpaired) electrons. The minimum absolute atomic E-state index is 0.172.